The van der Waals surface area contributed by atoms with Crippen molar-refractivity contribution in [3.05, 3.63) is 0 Å². The minimum Gasteiger partial charge on any atom is -0.462 e. The van der Waals surface area contributed by atoms with Crippen molar-refractivity contribution in [3.63, 3.8) is 0 Å². The summed E-state index contributed by atoms with van der Waals surface area (Å²) in [4.78, 5) is 15.0. The zero-order chi connectivity index (χ0) is 30.9. The first-order valence-electron chi connectivity index (χ1n) is 18.4. The third-order valence-electron chi connectivity index (χ3n) is 8.31. The highest BCUT2D eigenvalue weighted by atomic mass is 16.6. The SMILES string of the molecule is CCCCCCCCC(CCCCCCCC)OC(=O)CCCN(CCO)CCCCCCC[C@H](O)OCCCCC. The Kier molecular flexibility index (Phi) is 32.7. The molecule has 0 aliphatic rings. The lowest BCUT2D eigenvalue weighted by Crippen LogP contribution is -2.29. The van der Waals surface area contributed by atoms with Gasteiger partial charge in [-0.05, 0) is 70.9 Å². The van der Waals surface area contributed by atoms with E-state index in [1.807, 2.05) is 0 Å². The van der Waals surface area contributed by atoms with Gasteiger partial charge in [-0.25, -0.2) is 0 Å². The summed E-state index contributed by atoms with van der Waals surface area (Å²) in [6, 6.07) is 0. The number of unbranched alkanes of at least 4 members (excludes halogenated alkanes) is 16. The summed E-state index contributed by atoms with van der Waals surface area (Å²) >= 11 is 0. The van der Waals surface area contributed by atoms with Crippen LogP contribution in [0.2, 0.25) is 0 Å². The summed E-state index contributed by atoms with van der Waals surface area (Å²) < 4.78 is 11.5. The molecule has 0 saturated carbocycles. The van der Waals surface area contributed by atoms with Crippen molar-refractivity contribution in [1.82, 2.24) is 4.90 Å². The first-order chi connectivity index (χ1) is 20.6. The van der Waals surface area contributed by atoms with Crippen LogP contribution >= 0.6 is 0 Å². The highest BCUT2D eigenvalue weighted by Crippen LogP contribution is 2.18. The number of carbonyl (C=O) groups excluding carboxylic acids is 1. The number of rotatable bonds is 34. The minimum atomic E-state index is -0.616. The number of aliphatic hydroxyl groups excluding tert-OH is 2. The number of esters is 1. The van der Waals surface area contributed by atoms with Gasteiger partial charge in [0.05, 0.1) is 6.61 Å². The van der Waals surface area contributed by atoms with Crippen LogP contribution in [0.1, 0.15) is 181 Å². The maximum Gasteiger partial charge on any atom is 0.306 e. The molecule has 0 rings (SSSR count). The van der Waals surface area contributed by atoms with Gasteiger partial charge in [-0.3, -0.25) is 4.79 Å². The first-order valence-corrected chi connectivity index (χ1v) is 18.4. The summed E-state index contributed by atoms with van der Waals surface area (Å²) in [5.41, 5.74) is 0. The van der Waals surface area contributed by atoms with E-state index in [1.54, 1.807) is 0 Å². The predicted molar refractivity (Wildman–Crippen MR) is 178 cm³/mol. The number of aliphatic hydroxyl groups is 2. The maximum atomic E-state index is 12.7. The fourth-order valence-electron chi connectivity index (χ4n) is 5.57. The van der Waals surface area contributed by atoms with Gasteiger partial charge in [0.15, 0.2) is 6.29 Å². The quantitative estimate of drug-likeness (QED) is 0.0436. The fraction of sp³-hybridized carbons (Fsp3) is 0.972. The summed E-state index contributed by atoms with van der Waals surface area (Å²) in [5.74, 6) is -0.0440. The largest absolute Gasteiger partial charge is 0.462 e. The lowest BCUT2D eigenvalue weighted by atomic mass is 10.0. The van der Waals surface area contributed by atoms with Crippen molar-refractivity contribution in [2.75, 3.05) is 32.8 Å². The molecule has 2 N–H and O–H groups in total. The molecule has 0 aromatic rings. The van der Waals surface area contributed by atoms with Crippen LogP contribution in [0, 0.1) is 0 Å². The number of ether oxygens (including phenoxy) is 2. The molecule has 0 fully saturated rings. The summed E-state index contributed by atoms with van der Waals surface area (Å²) in [6.07, 6.45) is 27.6. The highest BCUT2D eigenvalue weighted by Gasteiger charge is 2.15. The van der Waals surface area contributed by atoms with Crippen LogP contribution in [-0.2, 0) is 14.3 Å². The molecular formula is C36H73NO5. The standard InChI is InChI=1S/C36H73NO5/c1-4-7-10-12-15-19-25-34(26-20-16-13-11-8-5-2)42-36(40)28-24-30-37(31-32-38)29-22-18-14-17-21-27-35(39)41-33-23-9-6-3/h34-35,38-39H,4-33H2,1-3H3/t35-/m1/s1. The molecular weight excluding hydrogens is 526 g/mol. The highest BCUT2D eigenvalue weighted by molar-refractivity contribution is 5.69. The molecule has 1 atom stereocenters. The summed E-state index contributed by atoms with van der Waals surface area (Å²) in [5, 5.41) is 19.4. The van der Waals surface area contributed by atoms with Gasteiger partial charge in [0.1, 0.15) is 6.10 Å². The van der Waals surface area contributed by atoms with E-state index in [1.165, 1.54) is 70.6 Å². The summed E-state index contributed by atoms with van der Waals surface area (Å²) in [6.45, 7) is 9.93. The van der Waals surface area contributed by atoms with Crippen LogP contribution in [0.15, 0.2) is 0 Å². The average Bonchev–Trinajstić information content (AvgIpc) is 2.98. The van der Waals surface area contributed by atoms with Gasteiger partial charge < -0.3 is 24.6 Å². The van der Waals surface area contributed by atoms with E-state index in [4.69, 9.17) is 9.47 Å². The average molecular weight is 600 g/mol. The van der Waals surface area contributed by atoms with Crippen molar-refractivity contribution < 1.29 is 24.5 Å². The number of nitrogens with zero attached hydrogens (tertiary/aromatic N) is 1. The van der Waals surface area contributed by atoms with Gasteiger partial charge in [0.25, 0.3) is 0 Å². The van der Waals surface area contributed by atoms with Crippen LogP contribution in [0.5, 0.6) is 0 Å². The molecule has 252 valence electrons. The molecule has 42 heavy (non-hydrogen) atoms. The van der Waals surface area contributed by atoms with Gasteiger partial charge >= 0.3 is 5.97 Å². The lowest BCUT2D eigenvalue weighted by molar-refractivity contribution is -0.150. The smallest absolute Gasteiger partial charge is 0.306 e. The van der Waals surface area contributed by atoms with E-state index in [9.17, 15) is 15.0 Å². The Hall–Kier alpha value is -0.690. The second-order valence-corrected chi connectivity index (χ2v) is 12.5. The fourth-order valence-corrected chi connectivity index (χ4v) is 5.57. The normalized spacial score (nSPS) is 12.5. The maximum absolute atomic E-state index is 12.7. The molecule has 6 nitrogen and oxygen atoms in total. The van der Waals surface area contributed by atoms with E-state index in [-0.39, 0.29) is 18.7 Å². The Bertz CT molecular complexity index is 531. The Morgan fingerprint density at radius 2 is 1.07 bits per heavy atom. The van der Waals surface area contributed by atoms with E-state index in [2.05, 4.69) is 25.7 Å². The zero-order valence-electron chi connectivity index (χ0n) is 28.4. The Morgan fingerprint density at radius 3 is 1.64 bits per heavy atom. The topological polar surface area (TPSA) is 79.2 Å². The molecule has 0 radical (unpaired) electrons. The number of carbonyl (C=O) groups is 1. The first kappa shape index (κ1) is 41.3. The predicted octanol–water partition coefficient (Wildman–Crippen LogP) is 9.34. The third kappa shape index (κ3) is 29.4. The van der Waals surface area contributed by atoms with Gasteiger partial charge in [0.2, 0.25) is 0 Å². The van der Waals surface area contributed by atoms with E-state index < -0.39 is 6.29 Å². The van der Waals surface area contributed by atoms with Gasteiger partial charge in [0, 0.05) is 19.6 Å². The minimum absolute atomic E-state index is 0.0440. The molecule has 0 saturated heterocycles. The van der Waals surface area contributed by atoms with Crippen LogP contribution in [0.3, 0.4) is 0 Å². The molecule has 0 amide bonds. The monoisotopic (exact) mass is 600 g/mol. The van der Waals surface area contributed by atoms with Crippen molar-refractivity contribution in [2.24, 2.45) is 0 Å². The van der Waals surface area contributed by atoms with E-state index in [0.29, 0.717) is 19.6 Å². The molecule has 0 aromatic heterocycles. The van der Waals surface area contributed by atoms with Crippen LogP contribution < -0.4 is 0 Å². The van der Waals surface area contributed by atoms with Crippen LogP contribution in [0.4, 0.5) is 0 Å². The van der Waals surface area contributed by atoms with Gasteiger partial charge in [-0.2, -0.15) is 0 Å². The number of hydrogen-bond acceptors (Lipinski definition) is 6. The van der Waals surface area contributed by atoms with Crippen molar-refractivity contribution in [3.8, 4) is 0 Å². The zero-order valence-corrected chi connectivity index (χ0v) is 28.4. The second kappa shape index (κ2) is 33.2. The Labute approximate surface area is 261 Å². The molecule has 0 aromatic carbocycles. The molecule has 6 heteroatoms. The molecule has 0 unspecified atom stereocenters. The van der Waals surface area contributed by atoms with Crippen molar-refractivity contribution in [1.29, 1.82) is 0 Å². The molecule has 0 aliphatic heterocycles. The Balaban J connectivity index is 4.18. The van der Waals surface area contributed by atoms with Gasteiger partial charge in [-0.15, -0.1) is 0 Å². The molecule has 0 bridgehead atoms. The molecule has 0 spiro atoms. The van der Waals surface area contributed by atoms with Crippen LogP contribution in [0.25, 0.3) is 0 Å². The lowest BCUT2D eigenvalue weighted by Gasteiger charge is -2.22. The Morgan fingerprint density at radius 1 is 0.595 bits per heavy atom. The molecule has 0 heterocycles. The number of hydrogen-bond donors (Lipinski definition) is 2. The van der Waals surface area contributed by atoms with E-state index >= 15 is 0 Å². The van der Waals surface area contributed by atoms with Crippen LogP contribution in [-0.4, -0.2) is 66.3 Å². The second-order valence-electron chi connectivity index (χ2n) is 12.5. The van der Waals surface area contributed by atoms with Crippen molar-refractivity contribution >= 4 is 5.97 Å². The van der Waals surface area contributed by atoms with E-state index in [0.717, 1.165) is 96.6 Å². The van der Waals surface area contributed by atoms with Gasteiger partial charge in [-0.1, -0.05) is 117 Å². The third-order valence-corrected chi connectivity index (χ3v) is 8.31. The summed E-state index contributed by atoms with van der Waals surface area (Å²) in [7, 11) is 0. The molecule has 0 aliphatic carbocycles. The van der Waals surface area contributed by atoms with Crippen molar-refractivity contribution in [2.45, 2.75) is 194 Å².